The first kappa shape index (κ1) is 12.0. The van der Waals surface area contributed by atoms with Crippen molar-refractivity contribution in [1.82, 2.24) is 0 Å². The number of nitriles is 1. The van der Waals surface area contributed by atoms with Crippen molar-refractivity contribution < 1.29 is 0 Å². The van der Waals surface area contributed by atoms with E-state index in [2.05, 4.69) is 18.3 Å². The zero-order valence-electron chi connectivity index (χ0n) is 10.4. The lowest BCUT2D eigenvalue weighted by Crippen LogP contribution is -2.27. The van der Waals surface area contributed by atoms with Crippen molar-refractivity contribution in [3.63, 3.8) is 0 Å². The fraction of sp³-hybridized carbons (Fsp3) is 0.533. The highest BCUT2D eigenvalue weighted by Crippen LogP contribution is 2.29. The summed E-state index contributed by atoms with van der Waals surface area (Å²) in [6.07, 6.45) is 6.43. The van der Waals surface area contributed by atoms with E-state index in [0.717, 1.165) is 17.2 Å². The number of nitrogens with one attached hydrogen (secondary N) is 1. The van der Waals surface area contributed by atoms with Gasteiger partial charge < -0.3 is 5.32 Å². The van der Waals surface area contributed by atoms with Crippen molar-refractivity contribution in [3.05, 3.63) is 29.8 Å². The summed E-state index contributed by atoms with van der Waals surface area (Å²) >= 11 is 0. The predicted molar refractivity (Wildman–Crippen MR) is 70.8 cm³/mol. The van der Waals surface area contributed by atoms with Crippen molar-refractivity contribution in [1.29, 1.82) is 5.26 Å². The van der Waals surface area contributed by atoms with Crippen molar-refractivity contribution in [3.8, 4) is 6.07 Å². The highest BCUT2D eigenvalue weighted by Gasteiger charge is 2.20. The molecule has 1 aliphatic carbocycles. The van der Waals surface area contributed by atoms with Gasteiger partial charge >= 0.3 is 0 Å². The largest absolute Gasteiger partial charge is 0.381 e. The highest BCUT2D eigenvalue weighted by molar-refractivity contribution is 5.57. The number of nitrogens with zero attached hydrogens (tertiary/aromatic N) is 1. The second kappa shape index (κ2) is 5.72. The van der Waals surface area contributed by atoms with Crippen molar-refractivity contribution in [2.75, 3.05) is 5.32 Å². The number of anilines is 1. The maximum Gasteiger partial charge on any atom is 0.101 e. The topological polar surface area (TPSA) is 35.8 Å². The van der Waals surface area contributed by atoms with Crippen LogP contribution in [0, 0.1) is 17.2 Å². The summed E-state index contributed by atoms with van der Waals surface area (Å²) in [6.45, 7) is 2.27. The Bertz CT molecular complexity index is 406. The van der Waals surface area contributed by atoms with Crippen LogP contribution < -0.4 is 5.32 Å². The Morgan fingerprint density at radius 2 is 2.18 bits per heavy atom. The standard InChI is InChI=1S/C15H20N2/c1-2-12-6-5-8-14(10-12)17-15-9-4-3-7-13(15)11-16/h3-4,7,9,12,14,17H,2,5-6,8,10H2,1H3. The molecule has 0 radical (unpaired) electrons. The predicted octanol–water partition coefficient (Wildman–Crippen LogP) is 3.94. The van der Waals surface area contributed by atoms with Crippen LogP contribution in [-0.4, -0.2) is 6.04 Å². The summed E-state index contributed by atoms with van der Waals surface area (Å²) in [5, 5.41) is 12.6. The Labute approximate surface area is 104 Å². The minimum atomic E-state index is 0.545. The van der Waals surface area contributed by atoms with Crippen molar-refractivity contribution in [2.24, 2.45) is 5.92 Å². The molecule has 0 aliphatic heterocycles. The molecule has 1 aromatic carbocycles. The van der Waals surface area contributed by atoms with Gasteiger partial charge in [0.05, 0.1) is 11.3 Å². The zero-order valence-corrected chi connectivity index (χ0v) is 10.4. The SMILES string of the molecule is CCC1CCCC(Nc2ccccc2C#N)C1. The maximum atomic E-state index is 9.06. The number of para-hydroxylation sites is 1. The second-order valence-electron chi connectivity index (χ2n) is 4.94. The van der Waals surface area contributed by atoms with E-state index in [0.29, 0.717) is 6.04 Å². The van der Waals surface area contributed by atoms with E-state index in [1.807, 2.05) is 24.3 Å². The van der Waals surface area contributed by atoms with Crippen LogP contribution in [0.3, 0.4) is 0 Å². The van der Waals surface area contributed by atoms with Gasteiger partial charge in [-0.25, -0.2) is 0 Å². The van der Waals surface area contributed by atoms with Gasteiger partial charge in [0.15, 0.2) is 0 Å². The average Bonchev–Trinajstić information content (AvgIpc) is 2.39. The van der Waals surface area contributed by atoms with Gasteiger partial charge in [-0.1, -0.05) is 38.3 Å². The summed E-state index contributed by atoms with van der Waals surface area (Å²) in [5.41, 5.74) is 1.75. The zero-order chi connectivity index (χ0) is 12.1. The van der Waals surface area contributed by atoms with Crippen molar-refractivity contribution >= 4 is 5.69 Å². The van der Waals surface area contributed by atoms with Gasteiger partial charge in [0.1, 0.15) is 6.07 Å². The third kappa shape index (κ3) is 3.00. The van der Waals surface area contributed by atoms with Crippen LogP contribution in [0.1, 0.15) is 44.6 Å². The molecule has 90 valence electrons. The molecule has 1 saturated carbocycles. The molecule has 0 spiro atoms. The van der Waals surface area contributed by atoms with Crippen LogP contribution in [0.4, 0.5) is 5.69 Å². The first-order chi connectivity index (χ1) is 8.33. The lowest BCUT2D eigenvalue weighted by Gasteiger charge is -2.30. The number of rotatable bonds is 3. The van der Waals surface area contributed by atoms with Gasteiger partial charge in [-0.15, -0.1) is 0 Å². The molecule has 0 saturated heterocycles. The molecular weight excluding hydrogens is 208 g/mol. The van der Waals surface area contributed by atoms with E-state index < -0.39 is 0 Å². The normalized spacial score (nSPS) is 24.0. The van der Waals surface area contributed by atoms with E-state index in [1.54, 1.807) is 0 Å². The van der Waals surface area contributed by atoms with E-state index in [-0.39, 0.29) is 0 Å². The summed E-state index contributed by atoms with van der Waals surface area (Å²) in [4.78, 5) is 0. The molecule has 0 aromatic heterocycles. The van der Waals surface area contributed by atoms with Crippen LogP contribution in [0.5, 0.6) is 0 Å². The molecule has 2 unspecified atom stereocenters. The highest BCUT2D eigenvalue weighted by atomic mass is 14.9. The Balaban J connectivity index is 2.03. The Morgan fingerprint density at radius 3 is 2.94 bits per heavy atom. The van der Waals surface area contributed by atoms with Crippen LogP contribution in [0.2, 0.25) is 0 Å². The molecule has 2 atom stereocenters. The second-order valence-corrected chi connectivity index (χ2v) is 4.94. The third-order valence-electron chi connectivity index (χ3n) is 3.77. The first-order valence-corrected chi connectivity index (χ1v) is 6.59. The molecule has 0 amide bonds. The summed E-state index contributed by atoms with van der Waals surface area (Å²) in [5.74, 6) is 0.857. The molecule has 2 nitrogen and oxygen atoms in total. The molecule has 1 fully saturated rings. The lowest BCUT2D eigenvalue weighted by atomic mass is 9.84. The Hall–Kier alpha value is -1.49. The van der Waals surface area contributed by atoms with E-state index in [1.165, 1.54) is 32.1 Å². The molecular formula is C15H20N2. The first-order valence-electron chi connectivity index (χ1n) is 6.59. The summed E-state index contributed by atoms with van der Waals surface area (Å²) < 4.78 is 0. The molecule has 0 heterocycles. The summed E-state index contributed by atoms with van der Waals surface area (Å²) in [7, 11) is 0. The third-order valence-corrected chi connectivity index (χ3v) is 3.77. The van der Waals surface area contributed by atoms with Gasteiger partial charge in [-0.2, -0.15) is 5.26 Å². The van der Waals surface area contributed by atoms with Crippen LogP contribution in [0.25, 0.3) is 0 Å². The smallest absolute Gasteiger partial charge is 0.101 e. The number of hydrogen-bond donors (Lipinski definition) is 1. The molecule has 2 rings (SSSR count). The molecule has 1 N–H and O–H groups in total. The van der Waals surface area contributed by atoms with Gasteiger partial charge in [-0.05, 0) is 30.9 Å². The maximum absolute atomic E-state index is 9.06. The minimum absolute atomic E-state index is 0.545. The molecule has 2 heteroatoms. The number of benzene rings is 1. The fourth-order valence-corrected chi connectivity index (χ4v) is 2.72. The Morgan fingerprint density at radius 1 is 1.35 bits per heavy atom. The van der Waals surface area contributed by atoms with E-state index >= 15 is 0 Å². The van der Waals surface area contributed by atoms with Gasteiger partial charge in [0, 0.05) is 6.04 Å². The lowest BCUT2D eigenvalue weighted by molar-refractivity contribution is 0.327. The van der Waals surface area contributed by atoms with Gasteiger partial charge in [-0.3, -0.25) is 0 Å². The average molecular weight is 228 g/mol. The molecule has 1 aromatic rings. The van der Waals surface area contributed by atoms with Crippen LogP contribution in [-0.2, 0) is 0 Å². The molecule has 17 heavy (non-hydrogen) atoms. The minimum Gasteiger partial charge on any atom is -0.381 e. The molecule has 0 bridgehead atoms. The van der Waals surface area contributed by atoms with Crippen LogP contribution >= 0.6 is 0 Å². The Kier molecular flexibility index (Phi) is 4.03. The van der Waals surface area contributed by atoms with Crippen LogP contribution in [0.15, 0.2) is 24.3 Å². The van der Waals surface area contributed by atoms with Gasteiger partial charge in [0.25, 0.3) is 0 Å². The summed E-state index contributed by atoms with van der Waals surface area (Å²) in [6, 6.07) is 10.6. The number of hydrogen-bond acceptors (Lipinski definition) is 2. The van der Waals surface area contributed by atoms with E-state index in [9.17, 15) is 0 Å². The monoisotopic (exact) mass is 228 g/mol. The van der Waals surface area contributed by atoms with E-state index in [4.69, 9.17) is 5.26 Å². The molecule has 1 aliphatic rings. The van der Waals surface area contributed by atoms with Crippen molar-refractivity contribution in [2.45, 2.75) is 45.1 Å². The fourth-order valence-electron chi connectivity index (χ4n) is 2.72. The van der Waals surface area contributed by atoms with Gasteiger partial charge in [0.2, 0.25) is 0 Å². The quantitative estimate of drug-likeness (QED) is 0.850.